The number of benzene rings is 3. The molecule has 0 aliphatic carbocycles. The molecule has 1 N–H and O–H groups in total. The first kappa shape index (κ1) is 20.5. The van der Waals surface area contributed by atoms with E-state index >= 15 is 0 Å². The van der Waals surface area contributed by atoms with Crippen LogP contribution in [0.1, 0.15) is 11.1 Å². The van der Waals surface area contributed by atoms with Gasteiger partial charge in [0, 0.05) is 17.7 Å². The summed E-state index contributed by atoms with van der Waals surface area (Å²) >= 11 is 0. The number of aliphatic carboxylic acids is 1. The largest absolute Gasteiger partial charge is 0.480 e. The normalized spacial score (nSPS) is 11.1. The summed E-state index contributed by atoms with van der Waals surface area (Å²) in [4.78, 5) is 17.1. The third-order valence-electron chi connectivity index (χ3n) is 5.01. The molecular weight excluding hydrogens is 390 g/mol. The SMILES string of the molecule is Cc1ccc(-c2ccc(-c3nc(-c4ccc(CN(C)CC(=O)O)cc4)no3)cc2)cc1. The molecule has 3 aromatic carbocycles. The van der Waals surface area contributed by atoms with Crippen LogP contribution in [0.25, 0.3) is 34.0 Å². The van der Waals surface area contributed by atoms with E-state index in [1.807, 2.05) is 48.5 Å². The number of hydrogen-bond acceptors (Lipinski definition) is 5. The van der Waals surface area contributed by atoms with Crippen molar-refractivity contribution >= 4 is 5.97 Å². The number of likely N-dealkylation sites (N-methyl/N-ethyl adjacent to an activating group) is 1. The predicted octanol–water partition coefficient (Wildman–Crippen LogP) is 4.90. The Morgan fingerprint density at radius 1 is 0.871 bits per heavy atom. The van der Waals surface area contributed by atoms with Crippen LogP contribution in [0.3, 0.4) is 0 Å². The lowest BCUT2D eigenvalue weighted by atomic mass is 10.0. The van der Waals surface area contributed by atoms with Crippen LogP contribution in [0, 0.1) is 6.92 Å². The summed E-state index contributed by atoms with van der Waals surface area (Å²) in [6.07, 6.45) is 0. The zero-order valence-electron chi connectivity index (χ0n) is 17.4. The van der Waals surface area contributed by atoms with Gasteiger partial charge in [-0.2, -0.15) is 4.98 Å². The molecule has 1 heterocycles. The number of hydrogen-bond donors (Lipinski definition) is 1. The predicted molar refractivity (Wildman–Crippen MR) is 119 cm³/mol. The number of aromatic nitrogens is 2. The van der Waals surface area contributed by atoms with Crippen molar-refractivity contribution in [2.24, 2.45) is 0 Å². The van der Waals surface area contributed by atoms with E-state index < -0.39 is 5.97 Å². The molecule has 0 unspecified atom stereocenters. The molecular formula is C25H23N3O3. The van der Waals surface area contributed by atoms with Crippen molar-refractivity contribution in [2.45, 2.75) is 13.5 Å². The average molecular weight is 413 g/mol. The maximum Gasteiger partial charge on any atom is 0.317 e. The molecule has 6 heteroatoms. The van der Waals surface area contributed by atoms with E-state index in [1.165, 1.54) is 5.56 Å². The van der Waals surface area contributed by atoms with Gasteiger partial charge in [0.1, 0.15) is 0 Å². The van der Waals surface area contributed by atoms with Crippen molar-refractivity contribution in [1.29, 1.82) is 0 Å². The van der Waals surface area contributed by atoms with Gasteiger partial charge in [-0.3, -0.25) is 9.69 Å². The van der Waals surface area contributed by atoms with E-state index in [2.05, 4.69) is 41.3 Å². The first-order valence-electron chi connectivity index (χ1n) is 9.99. The molecule has 0 amide bonds. The lowest BCUT2D eigenvalue weighted by Crippen LogP contribution is -2.25. The second-order valence-corrected chi connectivity index (χ2v) is 7.63. The summed E-state index contributed by atoms with van der Waals surface area (Å²) in [5.74, 6) is 0.143. The van der Waals surface area contributed by atoms with E-state index in [0.29, 0.717) is 18.3 Å². The lowest BCUT2D eigenvalue weighted by Gasteiger charge is -2.13. The molecule has 0 atom stereocenters. The minimum atomic E-state index is -0.842. The van der Waals surface area contributed by atoms with Crippen LogP contribution in [0.5, 0.6) is 0 Å². The standard InChI is InChI=1S/C25H23N3O3/c1-17-3-7-19(8-4-17)20-11-13-22(14-12-20)25-26-24(27-31-25)21-9-5-18(6-10-21)15-28(2)16-23(29)30/h3-14H,15-16H2,1-2H3,(H,29,30). The maximum absolute atomic E-state index is 10.8. The van der Waals surface area contributed by atoms with Gasteiger partial charge in [0.25, 0.3) is 5.89 Å². The van der Waals surface area contributed by atoms with Gasteiger partial charge in [-0.05, 0) is 42.8 Å². The minimum Gasteiger partial charge on any atom is -0.480 e. The van der Waals surface area contributed by atoms with Crippen LogP contribution in [-0.2, 0) is 11.3 Å². The van der Waals surface area contributed by atoms with Gasteiger partial charge in [0.05, 0.1) is 6.54 Å². The number of rotatable bonds is 7. The molecule has 4 rings (SSSR count). The van der Waals surface area contributed by atoms with Crippen LogP contribution < -0.4 is 0 Å². The number of carboxylic acids is 1. The van der Waals surface area contributed by atoms with Crippen molar-refractivity contribution in [3.63, 3.8) is 0 Å². The highest BCUT2D eigenvalue weighted by molar-refractivity contribution is 5.69. The second kappa shape index (κ2) is 8.93. The Morgan fingerprint density at radius 3 is 2.03 bits per heavy atom. The molecule has 4 aromatic rings. The fraction of sp³-hybridized carbons (Fsp3) is 0.160. The molecule has 0 spiro atoms. The quantitative estimate of drug-likeness (QED) is 0.464. The monoisotopic (exact) mass is 413 g/mol. The Labute approximate surface area is 180 Å². The van der Waals surface area contributed by atoms with Gasteiger partial charge in [0.2, 0.25) is 5.82 Å². The lowest BCUT2D eigenvalue weighted by molar-refractivity contribution is -0.138. The third kappa shape index (κ3) is 5.05. The summed E-state index contributed by atoms with van der Waals surface area (Å²) in [5, 5.41) is 13.0. The van der Waals surface area contributed by atoms with E-state index in [4.69, 9.17) is 9.63 Å². The maximum atomic E-state index is 10.8. The van der Waals surface area contributed by atoms with Crippen molar-refractivity contribution in [3.8, 4) is 34.0 Å². The second-order valence-electron chi connectivity index (χ2n) is 7.63. The van der Waals surface area contributed by atoms with E-state index in [9.17, 15) is 4.79 Å². The number of carbonyl (C=O) groups is 1. The van der Waals surface area contributed by atoms with Crippen LogP contribution in [0.4, 0.5) is 0 Å². The molecule has 6 nitrogen and oxygen atoms in total. The van der Waals surface area contributed by atoms with Crippen LogP contribution in [0.2, 0.25) is 0 Å². The van der Waals surface area contributed by atoms with Crippen LogP contribution in [-0.4, -0.2) is 39.7 Å². The van der Waals surface area contributed by atoms with Gasteiger partial charge in [-0.15, -0.1) is 0 Å². The van der Waals surface area contributed by atoms with Gasteiger partial charge < -0.3 is 9.63 Å². The van der Waals surface area contributed by atoms with Crippen molar-refractivity contribution in [3.05, 3.63) is 83.9 Å². The zero-order chi connectivity index (χ0) is 21.8. The Kier molecular flexibility index (Phi) is 5.91. The fourth-order valence-corrected chi connectivity index (χ4v) is 3.37. The van der Waals surface area contributed by atoms with Crippen molar-refractivity contribution in [1.82, 2.24) is 15.0 Å². The Balaban J connectivity index is 1.46. The summed E-state index contributed by atoms with van der Waals surface area (Å²) in [6, 6.07) is 24.2. The molecule has 0 saturated heterocycles. The van der Waals surface area contributed by atoms with Gasteiger partial charge in [-0.1, -0.05) is 71.4 Å². The smallest absolute Gasteiger partial charge is 0.317 e. The highest BCUT2D eigenvalue weighted by Crippen LogP contribution is 2.26. The minimum absolute atomic E-state index is 0.00133. The molecule has 0 radical (unpaired) electrons. The molecule has 0 aliphatic heterocycles. The Bertz CT molecular complexity index is 1160. The Morgan fingerprint density at radius 2 is 1.42 bits per heavy atom. The zero-order valence-corrected chi connectivity index (χ0v) is 17.4. The molecule has 0 fully saturated rings. The highest BCUT2D eigenvalue weighted by atomic mass is 16.5. The molecule has 0 bridgehead atoms. The van der Waals surface area contributed by atoms with Crippen molar-refractivity contribution < 1.29 is 14.4 Å². The summed E-state index contributed by atoms with van der Waals surface area (Å²) < 4.78 is 5.47. The van der Waals surface area contributed by atoms with Crippen molar-refractivity contribution in [2.75, 3.05) is 13.6 Å². The topological polar surface area (TPSA) is 79.5 Å². The third-order valence-corrected chi connectivity index (χ3v) is 5.01. The first-order valence-corrected chi connectivity index (χ1v) is 9.99. The molecule has 156 valence electrons. The summed E-state index contributed by atoms with van der Waals surface area (Å²) in [5.41, 5.74) is 6.25. The van der Waals surface area contributed by atoms with Crippen LogP contribution >= 0.6 is 0 Å². The average Bonchev–Trinajstić information content (AvgIpc) is 3.25. The molecule has 31 heavy (non-hydrogen) atoms. The number of carboxylic acid groups (broad SMARTS) is 1. The van der Waals surface area contributed by atoms with E-state index in [-0.39, 0.29) is 6.54 Å². The first-order chi connectivity index (χ1) is 15.0. The summed E-state index contributed by atoms with van der Waals surface area (Å²) in [7, 11) is 1.78. The van der Waals surface area contributed by atoms with E-state index in [0.717, 1.165) is 27.8 Å². The molecule has 0 aliphatic rings. The fourth-order valence-electron chi connectivity index (χ4n) is 3.37. The number of nitrogens with zero attached hydrogens (tertiary/aromatic N) is 3. The van der Waals surface area contributed by atoms with Gasteiger partial charge >= 0.3 is 5.97 Å². The highest BCUT2D eigenvalue weighted by Gasteiger charge is 2.12. The number of aryl methyl sites for hydroxylation is 1. The summed E-state index contributed by atoms with van der Waals surface area (Å²) in [6.45, 7) is 2.63. The van der Waals surface area contributed by atoms with E-state index in [1.54, 1.807) is 11.9 Å². The van der Waals surface area contributed by atoms with Gasteiger partial charge in [0.15, 0.2) is 0 Å². The van der Waals surface area contributed by atoms with Gasteiger partial charge in [-0.25, -0.2) is 0 Å². The molecule has 1 aromatic heterocycles. The molecule has 0 saturated carbocycles. The Hall–Kier alpha value is -3.77. The van der Waals surface area contributed by atoms with Crippen LogP contribution in [0.15, 0.2) is 77.3 Å².